The van der Waals surface area contributed by atoms with Gasteiger partial charge in [0.2, 0.25) is 0 Å². The molecule has 0 radical (unpaired) electrons. The van der Waals surface area contributed by atoms with Gasteiger partial charge in [-0.05, 0) is 18.6 Å². The molecule has 0 aromatic heterocycles. The highest BCUT2D eigenvalue weighted by atomic mass is 79.9. The number of hydrogen-bond donors (Lipinski definition) is 0. The summed E-state index contributed by atoms with van der Waals surface area (Å²) in [6, 6.07) is 3.49. The van der Waals surface area contributed by atoms with Crippen molar-refractivity contribution in [3.8, 4) is 0 Å². The molecule has 0 amide bonds. The summed E-state index contributed by atoms with van der Waals surface area (Å²) >= 11 is 3.31. The van der Waals surface area contributed by atoms with E-state index in [9.17, 15) is 9.18 Å². The largest absolute Gasteiger partial charge is 0.372 e. The maximum absolute atomic E-state index is 14.0. The zero-order valence-corrected chi connectivity index (χ0v) is 10.5. The van der Waals surface area contributed by atoms with Gasteiger partial charge in [0.1, 0.15) is 11.6 Å². The molecule has 86 valence electrons. The van der Waals surface area contributed by atoms with E-state index >= 15 is 0 Å². The number of ether oxygens (including phenoxy) is 1. The predicted octanol–water partition coefficient (Wildman–Crippen LogP) is 3.32. The van der Waals surface area contributed by atoms with E-state index in [2.05, 4.69) is 15.9 Å². The number of aryl methyl sites for hydroxylation is 1. The van der Waals surface area contributed by atoms with Gasteiger partial charge in [0.05, 0.1) is 12.7 Å². The van der Waals surface area contributed by atoms with Gasteiger partial charge in [0.25, 0.3) is 0 Å². The van der Waals surface area contributed by atoms with Crippen LogP contribution in [0.15, 0.2) is 16.6 Å². The molecule has 2 rings (SSSR count). The van der Waals surface area contributed by atoms with Gasteiger partial charge in [0, 0.05) is 22.9 Å². The first-order valence-electron chi connectivity index (χ1n) is 5.17. The van der Waals surface area contributed by atoms with Crippen molar-refractivity contribution in [1.29, 1.82) is 0 Å². The van der Waals surface area contributed by atoms with E-state index in [-0.39, 0.29) is 18.0 Å². The second-order valence-electron chi connectivity index (χ2n) is 3.94. The Morgan fingerprint density at radius 1 is 1.50 bits per heavy atom. The summed E-state index contributed by atoms with van der Waals surface area (Å²) in [6.07, 6.45) is 0.246. The number of hydrogen-bond acceptors (Lipinski definition) is 2. The second kappa shape index (κ2) is 4.63. The quantitative estimate of drug-likeness (QED) is 0.792. The predicted molar refractivity (Wildman–Crippen MR) is 61.8 cm³/mol. The van der Waals surface area contributed by atoms with Crippen LogP contribution in [0.4, 0.5) is 4.39 Å². The van der Waals surface area contributed by atoms with Crippen LogP contribution in [0.1, 0.15) is 30.1 Å². The number of Topliss-reactive ketones (excluding diaryl/α,β-unsaturated/α-hetero) is 1. The van der Waals surface area contributed by atoms with Crippen LogP contribution < -0.4 is 0 Å². The van der Waals surface area contributed by atoms with Crippen LogP contribution in [0.25, 0.3) is 0 Å². The smallest absolute Gasteiger partial charge is 0.138 e. The van der Waals surface area contributed by atoms with Crippen molar-refractivity contribution >= 4 is 21.7 Å². The van der Waals surface area contributed by atoms with E-state index in [0.29, 0.717) is 28.6 Å². The van der Waals surface area contributed by atoms with E-state index in [0.717, 1.165) is 0 Å². The van der Waals surface area contributed by atoms with Crippen LogP contribution >= 0.6 is 15.9 Å². The van der Waals surface area contributed by atoms with E-state index < -0.39 is 6.10 Å². The van der Waals surface area contributed by atoms with Crippen LogP contribution in [0, 0.1) is 12.7 Å². The minimum absolute atomic E-state index is 0.129. The zero-order valence-electron chi connectivity index (χ0n) is 8.93. The topological polar surface area (TPSA) is 26.3 Å². The number of halogens is 2. The summed E-state index contributed by atoms with van der Waals surface area (Å²) in [5, 5.41) is 0. The van der Waals surface area contributed by atoms with Gasteiger partial charge in [-0.3, -0.25) is 4.79 Å². The fourth-order valence-electron chi connectivity index (χ4n) is 1.84. The molecule has 4 heteroatoms. The van der Waals surface area contributed by atoms with E-state index in [1.807, 2.05) is 0 Å². The average molecular weight is 287 g/mol. The summed E-state index contributed by atoms with van der Waals surface area (Å²) in [4.78, 5) is 11.3. The van der Waals surface area contributed by atoms with Crippen molar-refractivity contribution in [1.82, 2.24) is 0 Å². The minimum Gasteiger partial charge on any atom is -0.372 e. The number of rotatable bonds is 1. The first-order valence-corrected chi connectivity index (χ1v) is 5.96. The van der Waals surface area contributed by atoms with Crippen molar-refractivity contribution < 1.29 is 13.9 Å². The van der Waals surface area contributed by atoms with Crippen LogP contribution in [0.3, 0.4) is 0 Å². The molecule has 1 atom stereocenters. The van der Waals surface area contributed by atoms with Gasteiger partial charge in [-0.15, -0.1) is 0 Å². The van der Waals surface area contributed by atoms with Crippen molar-refractivity contribution in [2.45, 2.75) is 25.9 Å². The summed E-state index contributed by atoms with van der Waals surface area (Å²) in [6.45, 7) is 2.08. The van der Waals surface area contributed by atoms with Gasteiger partial charge < -0.3 is 4.74 Å². The van der Waals surface area contributed by atoms with Gasteiger partial charge in [-0.1, -0.05) is 22.0 Å². The molecule has 0 spiro atoms. The maximum atomic E-state index is 14.0. The van der Waals surface area contributed by atoms with Gasteiger partial charge in [-0.2, -0.15) is 0 Å². The standard InChI is InChI=1S/C12H12BrFO2/c1-7-2-3-9(13)11(12(7)14)10-6-8(15)4-5-16-10/h2-3,10H,4-6H2,1H3. The van der Waals surface area contributed by atoms with Crippen molar-refractivity contribution in [3.05, 3.63) is 33.5 Å². The molecular weight excluding hydrogens is 275 g/mol. The number of benzene rings is 1. The molecule has 0 aliphatic carbocycles. The highest BCUT2D eigenvalue weighted by molar-refractivity contribution is 9.10. The van der Waals surface area contributed by atoms with Gasteiger partial charge >= 0.3 is 0 Å². The highest BCUT2D eigenvalue weighted by Gasteiger charge is 2.26. The van der Waals surface area contributed by atoms with Gasteiger partial charge in [-0.25, -0.2) is 4.39 Å². The van der Waals surface area contributed by atoms with Crippen LogP contribution in [-0.2, 0) is 9.53 Å². The Morgan fingerprint density at radius 3 is 2.94 bits per heavy atom. The lowest BCUT2D eigenvalue weighted by Gasteiger charge is -2.24. The molecule has 16 heavy (non-hydrogen) atoms. The Hall–Kier alpha value is -0.740. The number of carbonyl (C=O) groups is 1. The number of carbonyl (C=O) groups excluding carboxylic acids is 1. The third kappa shape index (κ3) is 2.18. The van der Waals surface area contributed by atoms with Crippen molar-refractivity contribution in [3.63, 3.8) is 0 Å². The third-order valence-electron chi connectivity index (χ3n) is 2.75. The van der Waals surface area contributed by atoms with Crippen molar-refractivity contribution in [2.75, 3.05) is 6.61 Å². The third-order valence-corrected chi connectivity index (χ3v) is 3.45. The average Bonchev–Trinajstić information content (AvgIpc) is 2.24. The van der Waals surface area contributed by atoms with Crippen LogP contribution in [0.2, 0.25) is 0 Å². The van der Waals surface area contributed by atoms with E-state index in [1.165, 1.54) is 0 Å². The maximum Gasteiger partial charge on any atom is 0.138 e. The Balaban J connectivity index is 2.39. The zero-order chi connectivity index (χ0) is 11.7. The molecule has 1 saturated heterocycles. The lowest BCUT2D eigenvalue weighted by molar-refractivity contribution is -0.128. The Kier molecular flexibility index (Phi) is 3.40. The normalized spacial score (nSPS) is 21.2. The lowest BCUT2D eigenvalue weighted by Crippen LogP contribution is -2.20. The fraction of sp³-hybridized carbons (Fsp3) is 0.417. The summed E-state index contributed by atoms with van der Waals surface area (Å²) in [5.41, 5.74) is 1.04. The van der Waals surface area contributed by atoms with Crippen LogP contribution in [0.5, 0.6) is 0 Å². The first-order chi connectivity index (χ1) is 7.59. The molecule has 2 nitrogen and oxygen atoms in total. The fourth-order valence-corrected chi connectivity index (χ4v) is 2.40. The Labute approximate surface area is 102 Å². The molecule has 1 aromatic carbocycles. The molecule has 0 saturated carbocycles. The Morgan fingerprint density at radius 2 is 2.25 bits per heavy atom. The molecule has 1 aliphatic heterocycles. The van der Waals surface area contributed by atoms with E-state index in [4.69, 9.17) is 4.74 Å². The van der Waals surface area contributed by atoms with Gasteiger partial charge in [0.15, 0.2) is 0 Å². The molecule has 1 fully saturated rings. The first kappa shape index (κ1) is 11.7. The molecule has 1 heterocycles. The summed E-state index contributed by atoms with van der Waals surface area (Å²) < 4.78 is 20.1. The molecule has 0 bridgehead atoms. The molecule has 1 aromatic rings. The van der Waals surface area contributed by atoms with Crippen molar-refractivity contribution in [2.24, 2.45) is 0 Å². The molecule has 1 unspecified atom stereocenters. The monoisotopic (exact) mass is 286 g/mol. The summed E-state index contributed by atoms with van der Waals surface area (Å²) in [5.74, 6) is -0.155. The summed E-state index contributed by atoms with van der Waals surface area (Å²) in [7, 11) is 0. The minimum atomic E-state index is -0.449. The molecule has 0 N–H and O–H groups in total. The second-order valence-corrected chi connectivity index (χ2v) is 4.80. The lowest BCUT2D eigenvalue weighted by atomic mass is 9.98. The van der Waals surface area contributed by atoms with Crippen LogP contribution in [-0.4, -0.2) is 12.4 Å². The van der Waals surface area contributed by atoms with E-state index in [1.54, 1.807) is 19.1 Å². The number of ketones is 1. The SMILES string of the molecule is Cc1ccc(Br)c(C2CC(=O)CCO2)c1F. The highest BCUT2D eigenvalue weighted by Crippen LogP contribution is 2.34. The Bertz CT molecular complexity index is 431. The molecular formula is C12H12BrFO2. The molecule has 1 aliphatic rings.